The van der Waals surface area contributed by atoms with E-state index in [1.165, 1.54) is 17.6 Å². The summed E-state index contributed by atoms with van der Waals surface area (Å²) in [6, 6.07) is -0.108. The van der Waals surface area contributed by atoms with E-state index in [0.717, 1.165) is 24.3 Å². The molecule has 3 heterocycles. The lowest BCUT2D eigenvalue weighted by atomic mass is 9.76. The van der Waals surface area contributed by atoms with Crippen molar-refractivity contribution in [2.75, 3.05) is 39.6 Å². The molecule has 1 atom stereocenters. The number of nitrogens with zero attached hydrogens (tertiary/aromatic N) is 3. The number of thiazole rings is 1. The van der Waals surface area contributed by atoms with Crippen LogP contribution in [0.15, 0.2) is 5.38 Å². The molecule has 0 aromatic carbocycles. The predicted molar refractivity (Wildman–Crippen MR) is 96.3 cm³/mol. The smallest absolute Gasteiger partial charge is 0.273 e. The Balaban J connectivity index is 1.68. The van der Waals surface area contributed by atoms with E-state index in [-0.39, 0.29) is 17.4 Å². The molecule has 0 aliphatic carbocycles. The maximum atomic E-state index is 12.6. The first-order chi connectivity index (χ1) is 11.7. The zero-order valence-electron chi connectivity index (χ0n) is 14.9. The number of ether oxygens (including phenoxy) is 1. The van der Waals surface area contributed by atoms with Gasteiger partial charge in [-0.2, -0.15) is 4.31 Å². The van der Waals surface area contributed by atoms with Gasteiger partial charge in [0.25, 0.3) is 5.91 Å². The molecular weight excluding hydrogens is 362 g/mol. The number of hydrogen-bond donors (Lipinski definition) is 0. The van der Waals surface area contributed by atoms with Gasteiger partial charge in [-0.3, -0.25) is 4.79 Å². The minimum absolute atomic E-state index is 0.0226. The van der Waals surface area contributed by atoms with Crippen molar-refractivity contribution in [1.82, 2.24) is 14.2 Å². The number of sulfonamides is 1. The maximum Gasteiger partial charge on any atom is 0.273 e. The Bertz CT molecular complexity index is 738. The minimum atomic E-state index is -3.26. The van der Waals surface area contributed by atoms with Gasteiger partial charge in [-0.25, -0.2) is 13.4 Å². The molecular formula is C16H25N3O4S2. The van der Waals surface area contributed by atoms with E-state index in [4.69, 9.17) is 4.74 Å². The molecule has 2 saturated heterocycles. The van der Waals surface area contributed by atoms with E-state index in [1.807, 2.05) is 11.8 Å². The Morgan fingerprint density at radius 2 is 2.12 bits per heavy atom. The summed E-state index contributed by atoms with van der Waals surface area (Å²) in [5.41, 5.74) is 0.459. The minimum Gasteiger partial charge on any atom is -0.383 e. The molecule has 2 aliphatic rings. The van der Waals surface area contributed by atoms with Gasteiger partial charge < -0.3 is 9.64 Å². The van der Waals surface area contributed by atoms with Crippen LogP contribution in [0.25, 0.3) is 0 Å². The molecule has 9 heteroatoms. The van der Waals surface area contributed by atoms with Gasteiger partial charge in [0.05, 0.1) is 17.9 Å². The van der Waals surface area contributed by atoms with Crippen LogP contribution in [0.3, 0.4) is 0 Å². The van der Waals surface area contributed by atoms with Crippen molar-refractivity contribution >= 4 is 27.3 Å². The zero-order chi connectivity index (χ0) is 18.2. The fraction of sp³-hybridized carbons (Fsp3) is 0.750. The normalized spacial score (nSPS) is 24.1. The highest BCUT2D eigenvalue weighted by atomic mass is 32.2. The first kappa shape index (κ1) is 18.8. The molecule has 0 radical (unpaired) electrons. The molecule has 7 nitrogen and oxygen atoms in total. The number of methoxy groups -OCH3 is 1. The third kappa shape index (κ3) is 3.89. The number of aromatic nitrogens is 1. The van der Waals surface area contributed by atoms with Crippen LogP contribution in [-0.2, 0) is 14.8 Å². The Hall–Kier alpha value is -1.03. The van der Waals surface area contributed by atoms with Gasteiger partial charge in [-0.1, -0.05) is 0 Å². The number of piperidine rings is 1. The number of hydrogen-bond acceptors (Lipinski definition) is 6. The molecule has 25 heavy (non-hydrogen) atoms. The molecule has 1 aromatic rings. The summed E-state index contributed by atoms with van der Waals surface area (Å²) in [4.78, 5) is 18.7. The van der Waals surface area contributed by atoms with Crippen molar-refractivity contribution in [2.24, 2.45) is 5.41 Å². The fourth-order valence-corrected chi connectivity index (χ4v) is 5.79. The van der Waals surface area contributed by atoms with E-state index < -0.39 is 10.0 Å². The van der Waals surface area contributed by atoms with E-state index in [9.17, 15) is 13.2 Å². The predicted octanol–water partition coefficient (Wildman–Crippen LogP) is 1.35. The lowest BCUT2D eigenvalue weighted by molar-refractivity contribution is 0.0590. The third-order valence-electron chi connectivity index (χ3n) is 5.30. The second-order valence-electron chi connectivity index (χ2n) is 7.17. The molecule has 2 fully saturated rings. The Kier molecular flexibility index (Phi) is 5.21. The summed E-state index contributed by atoms with van der Waals surface area (Å²) >= 11 is 1.48. The summed E-state index contributed by atoms with van der Waals surface area (Å²) in [6.45, 7) is 4.12. The van der Waals surface area contributed by atoms with Crippen LogP contribution < -0.4 is 0 Å². The summed E-state index contributed by atoms with van der Waals surface area (Å²) in [6.07, 6.45) is 3.69. The van der Waals surface area contributed by atoms with Gasteiger partial charge in [0.15, 0.2) is 0 Å². The quantitative estimate of drug-likeness (QED) is 0.779. The van der Waals surface area contributed by atoms with Crippen LogP contribution in [0.2, 0.25) is 0 Å². The van der Waals surface area contributed by atoms with Crippen molar-refractivity contribution in [1.29, 1.82) is 0 Å². The van der Waals surface area contributed by atoms with E-state index >= 15 is 0 Å². The monoisotopic (exact) mass is 387 g/mol. The summed E-state index contributed by atoms with van der Waals surface area (Å²) in [7, 11) is -1.66. The SMILES string of the molecule is COCC1CC2(CCN(C(=O)c3csc(C)n3)CC2)CN1S(C)(=O)=O. The highest BCUT2D eigenvalue weighted by molar-refractivity contribution is 7.88. The zero-order valence-corrected chi connectivity index (χ0v) is 16.5. The van der Waals surface area contributed by atoms with Crippen LogP contribution >= 0.6 is 11.3 Å². The largest absolute Gasteiger partial charge is 0.383 e. The van der Waals surface area contributed by atoms with Crippen LogP contribution in [0.4, 0.5) is 0 Å². The molecule has 2 aliphatic heterocycles. The van der Waals surface area contributed by atoms with Gasteiger partial charge in [-0.15, -0.1) is 11.3 Å². The van der Waals surface area contributed by atoms with Crippen molar-refractivity contribution < 1.29 is 17.9 Å². The Morgan fingerprint density at radius 3 is 2.64 bits per heavy atom. The molecule has 1 spiro atoms. The molecule has 3 rings (SSSR count). The summed E-state index contributed by atoms with van der Waals surface area (Å²) < 4.78 is 31.0. The number of carbonyl (C=O) groups excluding carboxylic acids is 1. The molecule has 1 unspecified atom stereocenters. The van der Waals surface area contributed by atoms with Crippen LogP contribution in [-0.4, -0.2) is 74.2 Å². The molecule has 1 amide bonds. The standard InChI is InChI=1S/C16H25N3O4S2/c1-12-17-14(10-24-12)15(20)18-6-4-16(5-7-18)8-13(9-23-2)19(11-16)25(3,21)22/h10,13H,4-9,11H2,1-3H3. The number of likely N-dealkylation sites (tertiary alicyclic amines) is 1. The van der Waals surface area contributed by atoms with E-state index in [0.29, 0.717) is 31.9 Å². The van der Waals surface area contributed by atoms with Gasteiger partial charge in [-0.05, 0) is 31.6 Å². The van der Waals surface area contributed by atoms with Crippen molar-refractivity contribution in [2.45, 2.75) is 32.2 Å². The molecule has 0 saturated carbocycles. The lowest BCUT2D eigenvalue weighted by Gasteiger charge is -2.39. The topological polar surface area (TPSA) is 79.8 Å². The molecule has 0 N–H and O–H groups in total. The second kappa shape index (κ2) is 6.94. The molecule has 0 bridgehead atoms. The number of amides is 1. The highest BCUT2D eigenvalue weighted by Gasteiger charge is 2.48. The van der Waals surface area contributed by atoms with Crippen molar-refractivity contribution in [3.63, 3.8) is 0 Å². The van der Waals surface area contributed by atoms with Crippen molar-refractivity contribution in [3.8, 4) is 0 Å². The van der Waals surface area contributed by atoms with Crippen LogP contribution in [0.5, 0.6) is 0 Å². The number of carbonyl (C=O) groups is 1. The van der Waals surface area contributed by atoms with Gasteiger partial charge in [0.2, 0.25) is 10.0 Å². The first-order valence-electron chi connectivity index (χ1n) is 8.41. The Morgan fingerprint density at radius 1 is 1.44 bits per heavy atom. The number of rotatable bonds is 4. The van der Waals surface area contributed by atoms with Crippen LogP contribution in [0.1, 0.15) is 34.8 Å². The average Bonchev–Trinajstić information content (AvgIpc) is 3.12. The summed E-state index contributed by atoms with van der Waals surface area (Å²) in [5.74, 6) is -0.0226. The summed E-state index contributed by atoms with van der Waals surface area (Å²) in [5, 5.41) is 2.69. The molecule has 140 valence electrons. The van der Waals surface area contributed by atoms with Gasteiger partial charge >= 0.3 is 0 Å². The van der Waals surface area contributed by atoms with Gasteiger partial charge in [0, 0.05) is 38.2 Å². The highest BCUT2D eigenvalue weighted by Crippen LogP contribution is 2.44. The number of aryl methyl sites for hydroxylation is 1. The lowest BCUT2D eigenvalue weighted by Crippen LogP contribution is -2.44. The third-order valence-corrected chi connectivity index (χ3v) is 7.35. The Labute approximate surface area is 153 Å². The maximum absolute atomic E-state index is 12.6. The van der Waals surface area contributed by atoms with E-state index in [1.54, 1.807) is 16.8 Å². The first-order valence-corrected chi connectivity index (χ1v) is 11.1. The van der Waals surface area contributed by atoms with Crippen LogP contribution in [0, 0.1) is 12.3 Å². The molecule has 1 aromatic heterocycles. The van der Waals surface area contributed by atoms with E-state index in [2.05, 4.69) is 4.98 Å². The fourth-order valence-electron chi connectivity index (χ4n) is 4.02. The average molecular weight is 388 g/mol. The second-order valence-corrected chi connectivity index (χ2v) is 10.2. The van der Waals surface area contributed by atoms with Crippen molar-refractivity contribution in [3.05, 3.63) is 16.1 Å². The van der Waals surface area contributed by atoms with Gasteiger partial charge in [0.1, 0.15) is 5.69 Å².